The number of benzene rings is 1. The van der Waals surface area contributed by atoms with Crippen molar-refractivity contribution in [3.05, 3.63) is 29.8 Å². The molecule has 2 N–H and O–H groups in total. The van der Waals surface area contributed by atoms with Gasteiger partial charge < -0.3 is 10.6 Å². The predicted octanol–water partition coefficient (Wildman–Crippen LogP) is 1.31. The van der Waals surface area contributed by atoms with Crippen molar-refractivity contribution in [2.45, 2.75) is 17.7 Å². The average Bonchev–Trinajstić information content (AvgIpc) is 2.38. The summed E-state index contributed by atoms with van der Waals surface area (Å²) in [4.78, 5) is 25.9. The van der Waals surface area contributed by atoms with Crippen LogP contribution >= 0.6 is 12.6 Å². The minimum atomic E-state index is -0.327. The van der Waals surface area contributed by atoms with E-state index in [2.05, 4.69) is 12.6 Å². The van der Waals surface area contributed by atoms with E-state index in [-0.39, 0.29) is 17.7 Å². The first kappa shape index (κ1) is 13.0. The maximum Gasteiger partial charge on any atom is 0.255 e. The SMILES string of the molecule is NC(=O)C1CCCN(C(=O)c2ccccc2S)C1. The first-order valence-corrected chi connectivity index (χ1v) is 6.41. The molecule has 1 aliphatic rings. The third kappa shape index (κ3) is 2.67. The van der Waals surface area contributed by atoms with Crippen LogP contribution in [0.5, 0.6) is 0 Å². The van der Waals surface area contributed by atoms with Crippen LogP contribution in [0.4, 0.5) is 0 Å². The molecule has 1 unspecified atom stereocenters. The standard InChI is InChI=1S/C13H16N2O2S/c14-12(16)9-4-3-7-15(8-9)13(17)10-5-1-2-6-11(10)18/h1-2,5-6,9,18H,3-4,7-8H2,(H2,14,16). The molecule has 1 saturated heterocycles. The highest BCUT2D eigenvalue weighted by Gasteiger charge is 2.27. The van der Waals surface area contributed by atoms with Crippen molar-refractivity contribution in [1.29, 1.82) is 0 Å². The maximum atomic E-state index is 12.3. The molecular weight excluding hydrogens is 248 g/mol. The van der Waals surface area contributed by atoms with E-state index in [0.717, 1.165) is 12.8 Å². The van der Waals surface area contributed by atoms with Crippen LogP contribution in [0.2, 0.25) is 0 Å². The molecule has 1 aromatic rings. The molecule has 0 aromatic heterocycles. The van der Waals surface area contributed by atoms with Crippen molar-refractivity contribution in [2.75, 3.05) is 13.1 Å². The van der Waals surface area contributed by atoms with Crippen molar-refractivity contribution in [3.63, 3.8) is 0 Å². The number of amides is 2. The van der Waals surface area contributed by atoms with Gasteiger partial charge in [-0.05, 0) is 25.0 Å². The predicted molar refractivity (Wildman–Crippen MR) is 71.5 cm³/mol. The number of nitrogens with zero attached hydrogens (tertiary/aromatic N) is 1. The smallest absolute Gasteiger partial charge is 0.255 e. The van der Waals surface area contributed by atoms with Gasteiger partial charge in [0.2, 0.25) is 5.91 Å². The number of carbonyl (C=O) groups is 2. The number of thiol groups is 1. The van der Waals surface area contributed by atoms with Gasteiger partial charge in [-0.25, -0.2) is 0 Å². The van der Waals surface area contributed by atoms with Crippen molar-refractivity contribution in [2.24, 2.45) is 11.7 Å². The molecule has 0 aliphatic carbocycles. The second kappa shape index (κ2) is 5.44. The van der Waals surface area contributed by atoms with Crippen LogP contribution in [0.15, 0.2) is 29.2 Å². The van der Waals surface area contributed by atoms with E-state index in [9.17, 15) is 9.59 Å². The molecular formula is C13H16N2O2S. The quantitative estimate of drug-likeness (QED) is 0.791. The van der Waals surface area contributed by atoms with E-state index < -0.39 is 0 Å². The van der Waals surface area contributed by atoms with Gasteiger partial charge in [0.1, 0.15) is 0 Å². The highest BCUT2D eigenvalue weighted by Crippen LogP contribution is 2.21. The van der Waals surface area contributed by atoms with Crippen LogP contribution in [-0.4, -0.2) is 29.8 Å². The van der Waals surface area contributed by atoms with Crippen LogP contribution in [0.3, 0.4) is 0 Å². The zero-order chi connectivity index (χ0) is 13.1. The summed E-state index contributed by atoms with van der Waals surface area (Å²) in [5, 5.41) is 0. The summed E-state index contributed by atoms with van der Waals surface area (Å²) in [5.74, 6) is -0.631. The Hall–Kier alpha value is -1.49. The number of piperidine rings is 1. The van der Waals surface area contributed by atoms with Gasteiger partial charge >= 0.3 is 0 Å². The van der Waals surface area contributed by atoms with Gasteiger partial charge in [0, 0.05) is 18.0 Å². The van der Waals surface area contributed by atoms with Gasteiger partial charge in [-0.3, -0.25) is 9.59 Å². The Balaban J connectivity index is 2.14. The summed E-state index contributed by atoms with van der Waals surface area (Å²) in [6.07, 6.45) is 1.58. The molecule has 0 bridgehead atoms. The molecule has 1 heterocycles. The third-order valence-corrected chi connectivity index (χ3v) is 3.64. The average molecular weight is 264 g/mol. The van der Waals surface area contributed by atoms with Crippen LogP contribution in [0.25, 0.3) is 0 Å². The molecule has 2 rings (SSSR count). The first-order valence-electron chi connectivity index (χ1n) is 5.96. The van der Waals surface area contributed by atoms with E-state index in [0.29, 0.717) is 23.5 Å². The topological polar surface area (TPSA) is 63.4 Å². The van der Waals surface area contributed by atoms with Gasteiger partial charge in [-0.2, -0.15) is 0 Å². The fraction of sp³-hybridized carbons (Fsp3) is 0.385. The van der Waals surface area contributed by atoms with E-state index >= 15 is 0 Å². The lowest BCUT2D eigenvalue weighted by molar-refractivity contribution is -0.123. The second-order valence-electron chi connectivity index (χ2n) is 4.51. The highest BCUT2D eigenvalue weighted by atomic mass is 32.1. The molecule has 96 valence electrons. The third-order valence-electron chi connectivity index (χ3n) is 3.25. The number of carbonyl (C=O) groups excluding carboxylic acids is 2. The van der Waals surface area contributed by atoms with Gasteiger partial charge in [0.25, 0.3) is 5.91 Å². The molecule has 0 spiro atoms. The summed E-state index contributed by atoms with van der Waals surface area (Å²) in [7, 11) is 0. The van der Waals surface area contributed by atoms with Gasteiger partial charge in [-0.1, -0.05) is 12.1 Å². The zero-order valence-electron chi connectivity index (χ0n) is 10.0. The minimum absolute atomic E-state index is 0.0773. The molecule has 18 heavy (non-hydrogen) atoms. The van der Waals surface area contributed by atoms with Gasteiger partial charge in [0.05, 0.1) is 11.5 Å². The van der Waals surface area contributed by atoms with Crippen LogP contribution < -0.4 is 5.73 Å². The fourth-order valence-electron chi connectivity index (χ4n) is 2.22. The van der Waals surface area contributed by atoms with E-state index in [1.807, 2.05) is 12.1 Å². The lowest BCUT2D eigenvalue weighted by Crippen LogP contribution is -2.44. The van der Waals surface area contributed by atoms with Gasteiger partial charge in [0.15, 0.2) is 0 Å². The van der Waals surface area contributed by atoms with Crippen LogP contribution in [-0.2, 0) is 4.79 Å². The normalized spacial score (nSPS) is 19.6. The largest absolute Gasteiger partial charge is 0.369 e. The number of primary amides is 1. The maximum absolute atomic E-state index is 12.3. The van der Waals surface area contributed by atoms with Crippen molar-refractivity contribution in [3.8, 4) is 0 Å². The fourth-order valence-corrected chi connectivity index (χ4v) is 2.47. The highest BCUT2D eigenvalue weighted by molar-refractivity contribution is 7.80. The molecule has 0 saturated carbocycles. The zero-order valence-corrected chi connectivity index (χ0v) is 10.9. The Kier molecular flexibility index (Phi) is 3.91. The minimum Gasteiger partial charge on any atom is -0.369 e. The second-order valence-corrected chi connectivity index (χ2v) is 4.99. The molecule has 0 radical (unpaired) electrons. The Morgan fingerprint density at radius 3 is 2.72 bits per heavy atom. The molecule has 5 heteroatoms. The monoisotopic (exact) mass is 264 g/mol. The molecule has 2 amide bonds. The molecule has 1 fully saturated rings. The number of likely N-dealkylation sites (tertiary alicyclic amines) is 1. The Morgan fingerprint density at radius 2 is 2.06 bits per heavy atom. The Bertz CT molecular complexity index is 476. The van der Waals surface area contributed by atoms with Crippen molar-refractivity contribution < 1.29 is 9.59 Å². The van der Waals surface area contributed by atoms with Crippen molar-refractivity contribution in [1.82, 2.24) is 4.90 Å². The van der Waals surface area contributed by atoms with Crippen LogP contribution in [0.1, 0.15) is 23.2 Å². The number of hydrogen-bond donors (Lipinski definition) is 2. The van der Waals surface area contributed by atoms with Gasteiger partial charge in [-0.15, -0.1) is 12.6 Å². The summed E-state index contributed by atoms with van der Waals surface area (Å²) in [6, 6.07) is 7.18. The Morgan fingerprint density at radius 1 is 1.33 bits per heavy atom. The number of hydrogen-bond acceptors (Lipinski definition) is 3. The summed E-state index contributed by atoms with van der Waals surface area (Å²) < 4.78 is 0. The van der Waals surface area contributed by atoms with E-state index in [4.69, 9.17) is 5.73 Å². The lowest BCUT2D eigenvalue weighted by Gasteiger charge is -2.31. The molecule has 1 aliphatic heterocycles. The molecule has 1 aromatic carbocycles. The summed E-state index contributed by atoms with van der Waals surface area (Å²) in [5.41, 5.74) is 5.88. The lowest BCUT2D eigenvalue weighted by atomic mass is 9.97. The number of rotatable bonds is 2. The summed E-state index contributed by atoms with van der Waals surface area (Å²) >= 11 is 4.28. The number of nitrogens with two attached hydrogens (primary N) is 1. The van der Waals surface area contributed by atoms with Crippen molar-refractivity contribution >= 4 is 24.4 Å². The van der Waals surface area contributed by atoms with E-state index in [1.165, 1.54) is 0 Å². The Labute approximate surface area is 112 Å². The molecule has 4 nitrogen and oxygen atoms in total. The van der Waals surface area contributed by atoms with Crippen LogP contribution in [0, 0.1) is 5.92 Å². The molecule has 1 atom stereocenters. The first-order chi connectivity index (χ1) is 8.59. The summed E-state index contributed by atoms with van der Waals surface area (Å²) in [6.45, 7) is 1.08. The van der Waals surface area contributed by atoms with E-state index in [1.54, 1.807) is 17.0 Å².